The molecule has 0 aromatic heterocycles. The monoisotopic (exact) mass is 396 g/mol. The van der Waals surface area contributed by atoms with E-state index in [9.17, 15) is 9.59 Å². The average molecular weight is 396 g/mol. The Balaban J connectivity index is 1.66. The molecule has 1 aliphatic heterocycles. The minimum atomic E-state index is -0.416. The number of amides is 2. The lowest BCUT2D eigenvalue weighted by Gasteiger charge is -2.21. The van der Waals surface area contributed by atoms with Gasteiger partial charge in [0.1, 0.15) is 11.5 Å². The zero-order valence-corrected chi connectivity index (χ0v) is 17.3. The molecule has 6 nitrogen and oxygen atoms in total. The van der Waals surface area contributed by atoms with Crippen molar-refractivity contribution in [2.75, 3.05) is 16.8 Å². The van der Waals surface area contributed by atoms with Gasteiger partial charge in [-0.3, -0.25) is 9.59 Å². The van der Waals surface area contributed by atoms with Crippen LogP contribution in [0.5, 0.6) is 11.5 Å². The van der Waals surface area contributed by atoms with Crippen LogP contribution in [0.2, 0.25) is 0 Å². The molecule has 0 bridgehead atoms. The standard InChI is InChI=1S/C23H28N2O4/c1-15(2)28-19-11-9-18(10-12-19)24-23(27)17-13-22(26)25(14-17)20-7-5-6-8-21(20)29-16(3)4/h5-12,15-17H,13-14H2,1-4H3,(H,24,27). The van der Waals surface area contributed by atoms with E-state index in [2.05, 4.69) is 5.32 Å². The maximum Gasteiger partial charge on any atom is 0.229 e. The van der Waals surface area contributed by atoms with Crippen molar-refractivity contribution in [2.24, 2.45) is 5.92 Å². The SMILES string of the molecule is CC(C)Oc1ccc(NC(=O)C2CC(=O)N(c3ccccc3OC(C)C)C2)cc1. The number of carbonyl (C=O) groups is 2. The van der Waals surface area contributed by atoms with Crippen LogP contribution < -0.4 is 19.7 Å². The third-order valence-corrected chi connectivity index (χ3v) is 4.51. The first-order valence-corrected chi connectivity index (χ1v) is 9.97. The molecule has 1 fully saturated rings. The van der Waals surface area contributed by atoms with E-state index in [1.54, 1.807) is 17.0 Å². The molecule has 1 N–H and O–H groups in total. The molecule has 2 aromatic carbocycles. The van der Waals surface area contributed by atoms with Crippen LogP contribution in [-0.2, 0) is 9.59 Å². The van der Waals surface area contributed by atoms with Crippen molar-refractivity contribution < 1.29 is 19.1 Å². The van der Waals surface area contributed by atoms with E-state index in [1.165, 1.54) is 0 Å². The summed E-state index contributed by atoms with van der Waals surface area (Å²) in [4.78, 5) is 27.0. The summed E-state index contributed by atoms with van der Waals surface area (Å²) >= 11 is 0. The second-order valence-corrected chi connectivity index (χ2v) is 7.72. The molecule has 1 unspecified atom stereocenters. The second kappa shape index (κ2) is 8.99. The predicted molar refractivity (Wildman–Crippen MR) is 114 cm³/mol. The Bertz CT molecular complexity index is 861. The van der Waals surface area contributed by atoms with Gasteiger partial charge in [-0.25, -0.2) is 0 Å². The molecule has 3 rings (SSSR count). The molecular weight excluding hydrogens is 368 g/mol. The minimum absolute atomic E-state index is 0.00408. The largest absolute Gasteiger partial charge is 0.491 e. The number of benzene rings is 2. The van der Waals surface area contributed by atoms with Crippen LogP contribution >= 0.6 is 0 Å². The van der Waals surface area contributed by atoms with Crippen LogP contribution in [0.1, 0.15) is 34.1 Å². The average Bonchev–Trinajstić information content (AvgIpc) is 3.04. The molecule has 29 heavy (non-hydrogen) atoms. The summed E-state index contributed by atoms with van der Waals surface area (Å²) < 4.78 is 11.4. The Hall–Kier alpha value is -3.02. The molecule has 0 saturated carbocycles. The number of hydrogen-bond donors (Lipinski definition) is 1. The summed E-state index contributed by atoms with van der Waals surface area (Å²) in [6.07, 6.45) is 0.264. The van der Waals surface area contributed by atoms with Gasteiger partial charge in [0, 0.05) is 18.7 Å². The lowest BCUT2D eigenvalue weighted by atomic mass is 10.1. The summed E-state index contributed by atoms with van der Waals surface area (Å²) in [7, 11) is 0. The first kappa shape index (κ1) is 20.7. The van der Waals surface area contributed by atoms with E-state index in [4.69, 9.17) is 9.47 Å². The molecule has 0 aliphatic carbocycles. The van der Waals surface area contributed by atoms with Gasteiger partial charge in [-0.15, -0.1) is 0 Å². The summed E-state index contributed by atoms with van der Waals surface area (Å²) in [6, 6.07) is 14.7. The Labute approximate surface area is 171 Å². The molecular formula is C23H28N2O4. The van der Waals surface area contributed by atoms with Gasteiger partial charge >= 0.3 is 0 Å². The highest BCUT2D eigenvalue weighted by atomic mass is 16.5. The second-order valence-electron chi connectivity index (χ2n) is 7.72. The van der Waals surface area contributed by atoms with E-state index in [0.717, 1.165) is 5.75 Å². The van der Waals surface area contributed by atoms with Crippen molar-refractivity contribution in [3.63, 3.8) is 0 Å². The number of nitrogens with one attached hydrogen (secondary N) is 1. The van der Waals surface area contributed by atoms with Crippen molar-refractivity contribution in [2.45, 2.75) is 46.3 Å². The third kappa shape index (κ3) is 5.28. The lowest BCUT2D eigenvalue weighted by Crippen LogP contribution is -2.28. The number of carbonyl (C=O) groups excluding carboxylic acids is 2. The third-order valence-electron chi connectivity index (χ3n) is 4.51. The minimum Gasteiger partial charge on any atom is -0.491 e. The molecule has 2 amide bonds. The number of anilines is 2. The number of ether oxygens (including phenoxy) is 2. The zero-order chi connectivity index (χ0) is 21.0. The van der Waals surface area contributed by atoms with E-state index < -0.39 is 5.92 Å². The topological polar surface area (TPSA) is 67.9 Å². The van der Waals surface area contributed by atoms with Crippen LogP contribution in [0.4, 0.5) is 11.4 Å². The van der Waals surface area contributed by atoms with Gasteiger partial charge < -0.3 is 19.7 Å². The fraction of sp³-hybridized carbons (Fsp3) is 0.391. The van der Waals surface area contributed by atoms with Crippen molar-refractivity contribution in [3.05, 3.63) is 48.5 Å². The first-order valence-electron chi connectivity index (χ1n) is 9.97. The number of para-hydroxylation sites is 2. The zero-order valence-electron chi connectivity index (χ0n) is 17.3. The van der Waals surface area contributed by atoms with Gasteiger partial charge in [-0.1, -0.05) is 12.1 Å². The normalized spacial score (nSPS) is 16.4. The van der Waals surface area contributed by atoms with Crippen molar-refractivity contribution in [3.8, 4) is 11.5 Å². The lowest BCUT2D eigenvalue weighted by molar-refractivity contribution is -0.122. The molecule has 2 aromatic rings. The quantitative estimate of drug-likeness (QED) is 0.760. The highest BCUT2D eigenvalue weighted by Gasteiger charge is 2.36. The molecule has 0 spiro atoms. The molecule has 1 heterocycles. The number of nitrogens with zero attached hydrogens (tertiary/aromatic N) is 1. The Morgan fingerprint density at radius 3 is 2.31 bits per heavy atom. The molecule has 1 saturated heterocycles. The van der Waals surface area contributed by atoms with Crippen molar-refractivity contribution >= 4 is 23.2 Å². The summed E-state index contributed by atoms with van der Waals surface area (Å²) in [6.45, 7) is 8.14. The summed E-state index contributed by atoms with van der Waals surface area (Å²) in [5.41, 5.74) is 1.39. The van der Waals surface area contributed by atoms with Gasteiger partial charge in [0.2, 0.25) is 11.8 Å². The van der Waals surface area contributed by atoms with Crippen LogP contribution in [0.15, 0.2) is 48.5 Å². The molecule has 1 aliphatic rings. The van der Waals surface area contributed by atoms with E-state index in [1.807, 2.05) is 64.1 Å². The Kier molecular flexibility index (Phi) is 6.42. The maximum atomic E-state index is 12.7. The number of hydrogen-bond acceptors (Lipinski definition) is 4. The number of rotatable bonds is 7. The molecule has 0 radical (unpaired) electrons. The Morgan fingerprint density at radius 2 is 1.66 bits per heavy atom. The fourth-order valence-electron chi connectivity index (χ4n) is 3.28. The van der Waals surface area contributed by atoms with Crippen LogP contribution in [0.3, 0.4) is 0 Å². The van der Waals surface area contributed by atoms with Crippen LogP contribution in [0, 0.1) is 5.92 Å². The fourth-order valence-corrected chi connectivity index (χ4v) is 3.28. The van der Waals surface area contributed by atoms with Gasteiger partial charge in [-0.05, 0) is 64.1 Å². The molecule has 1 atom stereocenters. The summed E-state index contributed by atoms with van der Waals surface area (Å²) in [5.74, 6) is 0.743. The van der Waals surface area contributed by atoms with E-state index in [-0.39, 0.29) is 30.4 Å². The van der Waals surface area contributed by atoms with Crippen molar-refractivity contribution in [1.82, 2.24) is 0 Å². The predicted octanol–water partition coefficient (Wildman–Crippen LogP) is 4.25. The smallest absolute Gasteiger partial charge is 0.229 e. The van der Waals surface area contributed by atoms with E-state index >= 15 is 0 Å². The molecule has 154 valence electrons. The molecule has 6 heteroatoms. The van der Waals surface area contributed by atoms with Crippen LogP contribution in [0.25, 0.3) is 0 Å². The van der Waals surface area contributed by atoms with Gasteiger partial charge in [0.25, 0.3) is 0 Å². The van der Waals surface area contributed by atoms with E-state index in [0.29, 0.717) is 23.7 Å². The summed E-state index contributed by atoms with van der Waals surface area (Å²) in [5, 5.41) is 2.90. The first-order chi connectivity index (χ1) is 13.8. The Morgan fingerprint density at radius 1 is 1.00 bits per heavy atom. The van der Waals surface area contributed by atoms with Gasteiger partial charge in [0.15, 0.2) is 0 Å². The van der Waals surface area contributed by atoms with Gasteiger partial charge in [0.05, 0.1) is 23.8 Å². The van der Waals surface area contributed by atoms with Crippen LogP contribution in [-0.4, -0.2) is 30.6 Å². The highest BCUT2D eigenvalue weighted by Crippen LogP contribution is 2.34. The maximum absolute atomic E-state index is 12.7. The van der Waals surface area contributed by atoms with Gasteiger partial charge in [-0.2, -0.15) is 0 Å². The van der Waals surface area contributed by atoms with Crippen molar-refractivity contribution in [1.29, 1.82) is 0 Å². The highest BCUT2D eigenvalue weighted by molar-refractivity contribution is 6.04.